The number of carboxylic acid groups (broad SMARTS) is 1. The van der Waals surface area contributed by atoms with E-state index < -0.39 is 11.2 Å². The van der Waals surface area contributed by atoms with Gasteiger partial charge in [-0.1, -0.05) is 42.0 Å². The number of aryl methyl sites for hydroxylation is 2. The fraction of sp³-hybridized carbons (Fsp3) is 0.333. The lowest BCUT2D eigenvalue weighted by Crippen LogP contribution is -2.22. The summed E-state index contributed by atoms with van der Waals surface area (Å²) in [5.41, 5.74) is 2.87. The molecule has 2 aromatic rings. The highest BCUT2D eigenvalue weighted by molar-refractivity contribution is 8.01. The average Bonchev–Trinajstić information content (AvgIpc) is 2.64. The summed E-state index contributed by atoms with van der Waals surface area (Å²) < 4.78 is 5.48. The number of nitrogens with one attached hydrogen (secondary N) is 1. The van der Waals surface area contributed by atoms with E-state index in [4.69, 9.17) is 4.74 Å². The van der Waals surface area contributed by atoms with Crippen LogP contribution in [0.1, 0.15) is 24.5 Å². The highest BCUT2D eigenvalue weighted by atomic mass is 32.2. The molecule has 0 aliphatic carbocycles. The van der Waals surface area contributed by atoms with E-state index in [0.29, 0.717) is 30.9 Å². The Morgan fingerprint density at radius 1 is 1.15 bits per heavy atom. The van der Waals surface area contributed by atoms with E-state index in [1.807, 2.05) is 50.2 Å². The van der Waals surface area contributed by atoms with Gasteiger partial charge in [-0.2, -0.15) is 0 Å². The number of benzene rings is 2. The minimum absolute atomic E-state index is 0.0747. The Hall–Kier alpha value is -2.47. The summed E-state index contributed by atoms with van der Waals surface area (Å²) in [6, 6.07) is 15.2. The first-order valence-electron chi connectivity index (χ1n) is 8.91. The molecule has 0 aliphatic rings. The molecule has 6 heteroatoms. The van der Waals surface area contributed by atoms with Crippen LogP contribution in [0.3, 0.4) is 0 Å². The molecule has 1 unspecified atom stereocenters. The zero-order valence-corrected chi connectivity index (χ0v) is 16.4. The van der Waals surface area contributed by atoms with Crippen molar-refractivity contribution in [2.24, 2.45) is 0 Å². The third-order valence-electron chi connectivity index (χ3n) is 3.97. The van der Waals surface area contributed by atoms with E-state index in [1.165, 1.54) is 5.56 Å². The maximum absolute atomic E-state index is 12.2. The first-order valence-corrected chi connectivity index (χ1v) is 9.96. The lowest BCUT2D eigenvalue weighted by atomic mass is 10.1. The number of aliphatic carboxylic acids is 1. The van der Waals surface area contributed by atoms with Crippen LogP contribution in [0.5, 0.6) is 5.75 Å². The van der Waals surface area contributed by atoms with Crippen LogP contribution in [0.2, 0.25) is 0 Å². The summed E-state index contributed by atoms with van der Waals surface area (Å²) in [5, 5.41) is 11.6. The van der Waals surface area contributed by atoms with E-state index in [-0.39, 0.29) is 11.7 Å². The van der Waals surface area contributed by atoms with Crippen molar-refractivity contribution in [1.82, 2.24) is 0 Å². The Bertz CT molecular complexity index is 761. The lowest BCUT2D eigenvalue weighted by Gasteiger charge is -2.14. The number of ether oxygens (including phenoxy) is 1. The molecule has 5 nitrogen and oxygen atoms in total. The van der Waals surface area contributed by atoms with Crippen LogP contribution in [-0.4, -0.2) is 34.6 Å². The fourth-order valence-corrected chi connectivity index (χ4v) is 3.40. The first kappa shape index (κ1) is 20.8. The Balaban J connectivity index is 1.87. The van der Waals surface area contributed by atoms with E-state index in [9.17, 15) is 14.7 Å². The lowest BCUT2D eigenvalue weighted by molar-refractivity contribution is -0.136. The van der Waals surface area contributed by atoms with Gasteiger partial charge in [0, 0.05) is 0 Å². The number of hydrogen-bond acceptors (Lipinski definition) is 4. The Kier molecular flexibility index (Phi) is 8.20. The quantitative estimate of drug-likeness (QED) is 0.640. The van der Waals surface area contributed by atoms with Gasteiger partial charge in [-0.15, -0.1) is 11.8 Å². The van der Waals surface area contributed by atoms with Crippen molar-refractivity contribution >= 4 is 29.3 Å². The van der Waals surface area contributed by atoms with Crippen LogP contribution in [0.25, 0.3) is 0 Å². The summed E-state index contributed by atoms with van der Waals surface area (Å²) >= 11 is 1.15. The van der Waals surface area contributed by atoms with Gasteiger partial charge in [0.05, 0.1) is 18.0 Å². The molecule has 2 N–H and O–H groups in total. The van der Waals surface area contributed by atoms with Crippen molar-refractivity contribution < 1.29 is 19.4 Å². The standard InChI is InChI=1S/C21H25NO4S/c1-3-26-18-7-5-4-6-17(18)22-20(23)14-27-19(21(24)25)13-12-16-10-8-15(2)9-11-16/h4-11,19H,3,12-14H2,1-2H3,(H,22,23)(H,24,25). The highest BCUT2D eigenvalue weighted by Gasteiger charge is 2.20. The number of carbonyl (C=O) groups is 2. The molecular weight excluding hydrogens is 362 g/mol. The molecule has 1 amide bonds. The summed E-state index contributed by atoms with van der Waals surface area (Å²) in [4.78, 5) is 23.7. The second-order valence-corrected chi connectivity index (χ2v) is 7.33. The summed E-state index contributed by atoms with van der Waals surface area (Å²) in [6.07, 6.45) is 1.14. The number of anilines is 1. The third kappa shape index (κ3) is 6.98. The molecule has 0 spiro atoms. The number of hydrogen-bond donors (Lipinski definition) is 2. The van der Waals surface area contributed by atoms with Crippen molar-refractivity contribution in [3.63, 3.8) is 0 Å². The van der Waals surface area contributed by atoms with E-state index in [0.717, 1.165) is 17.3 Å². The average molecular weight is 388 g/mol. The Morgan fingerprint density at radius 2 is 1.85 bits per heavy atom. The van der Waals surface area contributed by atoms with Gasteiger partial charge in [0.2, 0.25) is 5.91 Å². The minimum atomic E-state index is -0.894. The van der Waals surface area contributed by atoms with Crippen LogP contribution in [0.4, 0.5) is 5.69 Å². The van der Waals surface area contributed by atoms with Crippen molar-refractivity contribution in [3.8, 4) is 5.75 Å². The molecular formula is C21H25NO4S. The van der Waals surface area contributed by atoms with Crippen molar-refractivity contribution in [2.75, 3.05) is 17.7 Å². The first-order chi connectivity index (χ1) is 13.0. The molecule has 0 saturated carbocycles. The van der Waals surface area contributed by atoms with Gasteiger partial charge < -0.3 is 15.2 Å². The summed E-state index contributed by atoms with van der Waals surface area (Å²) in [7, 11) is 0. The molecule has 27 heavy (non-hydrogen) atoms. The van der Waals surface area contributed by atoms with Gasteiger partial charge in [-0.05, 0) is 44.4 Å². The topological polar surface area (TPSA) is 75.6 Å². The van der Waals surface area contributed by atoms with Crippen LogP contribution in [-0.2, 0) is 16.0 Å². The van der Waals surface area contributed by atoms with Crippen LogP contribution < -0.4 is 10.1 Å². The van der Waals surface area contributed by atoms with Crippen molar-refractivity contribution in [2.45, 2.75) is 31.9 Å². The van der Waals surface area contributed by atoms with E-state index >= 15 is 0 Å². The Morgan fingerprint density at radius 3 is 2.52 bits per heavy atom. The van der Waals surface area contributed by atoms with E-state index in [1.54, 1.807) is 12.1 Å². The second-order valence-electron chi connectivity index (χ2n) is 6.14. The number of rotatable bonds is 10. The SMILES string of the molecule is CCOc1ccccc1NC(=O)CSC(CCc1ccc(C)cc1)C(=O)O. The zero-order chi connectivity index (χ0) is 19.6. The maximum atomic E-state index is 12.2. The van der Waals surface area contributed by atoms with Crippen LogP contribution in [0.15, 0.2) is 48.5 Å². The number of amides is 1. The van der Waals surface area contributed by atoms with Gasteiger partial charge in [0.25, 0.3) is 0 Å². The molecule has 0 aliphatic heterocycles. The van der Waals surface area contributed by atoms with Gasteiger partial charge in [-0.25, -0.2) is 0 Å². The molecule has 0 saturated heterocycles. The fourth-order valence-electron chi connectivity index (χ4n) is 2.54. The van der Waals surface area contributed by atoms with E-state index in [2.05, 4.69) is 5.32 Å². The normalized spacial score (nSPS) is 11.6. The highest BCUT2D eigenvalue weighted by Crippen LogP contribution is 2.24. The monoisotopic (exact) mass is 387 g/mol. The smallest absolute Gasteiger partial charge is 0.316 e. The summed E-state index contributed by atoms with van der Waals surface area (Å²) in [6.45, 7) is 4.39. The maximum Gasteiger partial charge on any atom is 0.316 e. The molecule has 0 aromatic heterocycles. The number of thioether (sulfide) groups is 1. The second kappa shape index (κ2) is 10.6. The molecule has 0 fully saturated rings. The molecule has 0 bridgehead atoms. The van der Waals surface area contributed by atoms with Gasteiger partial charge >= 0.3 is 5.97 Å². The molecule has 144 valence electrons. The predicted molar refractivity (Wildman–Crippen MR) is 110 cm³/mol. The van der Waals surface area contributed by atoms with Crippen molar-refractivity contribution in [1.29, 1.82) is 0 Å². The van der Waals surface area contributed by atoms with Gasteiger partial charge in [-0.3, -0.25) is 9.59 Å². The van der Waals surface area contributed by atoms with Crippen LogP contribution >= 0.6 is 11.8 Å². The molecule has 0 heterocycles. The number of para-hydroxylation sites is 2. The Labute approximate surface area is 164 Å². The third-order valence-corrected chi connectivity index (χ3v) is 5.24. The van der Waals surface area contributed by atoms with Crippen LogP contribution in [0, 0.1) is 6.92 Å². The molecule has 1 atom stereocenters. The minimum Gasteiger partial charge on any atom is -0.492 e. The van der Waals surface area contributed by atoms with Gasteiger partial charge in [0.1, 0.15) is 11.0 Å². The number of carboxylic acids is 1. The molecule has 2 aromatic carbocycles. The van der Waals surface area contributed by atoms with Gasteiger partial charge in [0.15, 0.2) is 0 Å². The van der Waals surface area contributed by atoms with Crippen molar-refractivity contribution in [3.05, 3.63) is 59.7 Å². The predicted octanol–water partition coefficient (Wildman–Crippen LogP) is 4.15. The number of carbonyl (C=O) groups excluding carboxylic acids is 1. The largest absolute Gasteiger partial charge is 0.492 e. The molecule has 0 radical (unpaired) electrons. The molecule has 2 rings (SSSR count). The zero-order valence-electron chi connectivity index (χ0n) is 15.6. The summed E-state index contributed by atoms with van der Waals surface area (Å²) in [5.74, 6) is -0.457.